The van der Waals surface area contributed by atoms with E-state index in [4.69, 9.17) is 4.74 Å². The zero-order valence-corrected chi connectivity index (χ0v) is 9.15. The van der Waals surface area contributed by atoms with Gasteiger partial charge < -0.3 is 10.1 Å². The quantitative estimate of drug-likeness (QED) is 0.712. The van der Waals surface area contributed by atoms with Crippen LogP contribution in [0.5, 0.6) is 0 Å². The molecule has 0 aromatic carbocycles. The van der Waals surface area contributed by atoms with E-state index < -0.39 is 0 Å². The maximum atomic E-state index is 5.55. The van der Waals surface area contributed by atoms with Gasteiger partial charge in [-0.05, 0) is 31.8 Å². The molecule has 1 unspecified atom stereocenters. The summed E-state index contributed by atoms with van der Waals surface area (Å²) in [7, 11) is 1.86. The molecular weight excluding hydrogens is 192 g/mol. The van der Waals surface area contributed by atoms with E-state index in [0.29, 0.717) is 6.61 Å². The van der Waals surface area contributed by atoms with Gasteiger partial charge in [0, 0.05) is 13.7 Å². The van der Waals surface area contributed by atoms with Gasteiger partial charge in [0.15, 0.2) is 0 Å². The highest BCUT2D eigenvalue weighted by Gasteiger charge is 2.13. The van der Waals surface area contributed by atoms with Gasteiger partial charge in [-0.3, -0.25) is 4.68 Å². The average molecular weight is 210 g/mol. The van der Waals surface area contributed by atoms with Crippen LogP contribution in [0.15, 0.2) is 6.20 Å². The third-order valence-corrected chi connectivity index (χ3v) is 2.73. The highest BCUT2D eigenvalue weighted by molar-refractivity contribution is 4.88. The topological polar surface area (TPSA) is 52.0 Å². The molecular formula is C10H18N4O. The SMILES string of the molecule is Cn1cc(COCCC2CCNC2)nn1. The minimum atomic E-state index is 0.577. The standard InChI is InChI=1S/C10H18N4O/c1-14-7-10(12-13-14)8-15-5-3-9-2-4-11-6-9/h7,9,11H,2-6,8H2,1H3. The van der Waals surface area contributed by atoms with E-state index in [1.807, 2.05) is 13.2 Å². The summed E-state index contributed by atoms with van der Waals surface area (Å²) in [5, 5.41) is 11.2. The summed E-state index contributed by atoms with van der Waals surface area (Å²) in [6.07, 6.45) is 4.32. The van der Waals surface area contributed by atoms with E-state index in [1.165, 1.54) is 6.42 Å². The Morgan fingerprint density at radius 3 is 3.27 bits per heavy atom. The van der Waals surface area contributed by atoms with E-state index in [2.05, 4.69) is 15.6 Å². The summed E-state index contributed by atoms with van der Waals surface area (Å²) >= 11 is 0. The second-order valence-electron chi connectivity index (χ2n) is 4.08. The Hall–Kier alpha value is -0.940. The lowest BCUT2D eigenvalue weighted by molar-refractivity contribution is 0.106. The summed E-state index contributed by atoms with van der Waals surface area (Å²) in [4.78, 5) is 0. The van der Waals surface area contributed by atoms with Crippen molar-refractivity contribution in [2.45, 2.75) is 19.4 Å². The van der Waals surface area contributed by atoms with Crippen LogP contribution >= 0.6 is 0 Å². The lowest BCUT2D eigenvalue weighted by Gasteiger charge is -2.07. The van der Waals surface area contributed by atoms with Crippen molar-refractivity contribution in [3.05, 3.63) is 11.9 Å². The molecule has 0 amide bonds. The van der Waals surface area contributed by atoms with Gasteiger partial charge in [-0.2, -0.15) is 0 Å². The van der Waals surface area contributed by atoms with Crippen LogP contribution in [0.4, 0.5) is 0 Å². The largest absolute Gasteiger partial charge is 0.375 e. The van der Waals surface area contributed by atoms with Crippen LogP contribution in [0.1, 0.15) is 18.5 Å². The maximum absolute atomic E-state index is 5.55. The number of nitrogens with zero attached hydrogens (tertiary/aromatic N) is 3. The second-order valence-corrected chi connectivity index (χ2v) is 4.08. The summed E-state index contributed by atoms with van der Waals surface area (Å²) < 4.78 is 7.25. The van der Waals surface area contributed by atoms with Gasteiger partial charge >= 0.3 is 0 Å². The van der Waals surface area contributed by atoms with Crippen molar-refractivity contribution < 1.29 is 4.74 Å². The van der Waals surface area contributed by atoms with Crippen molar-refractivity contribution in [2.75, 3.05) is 19.7 Å². The molecule has 5 heteroatoms. The number of aryl methyl sites for hydroxylation is 1. The van der Waals surface area contributed by atoms with Crippen LogP contribution in [0.25, 0.3) is 0 Å². The molecule has 2 rings (SSSR count). The van der Waals surface area contributed by atoms with E-state index >= 15 is 0 Å². The number of hydrogen-bond donors (Lipinski definition) is 1. The third-order valence-electron chi connectivity index (χ3n) is 2.73. The Labute approximate surface area is 89.8 Å². The van der Waals surface area contributed by atoms with Gasteiger partial charge in [0.2, 0.25) is 0 Å². The number of rotatable bonds is 5. The second kappa shape index (κ2) is 5.23. The summed E-state index contributed by atoms with van der Waals surface area (Å²) in [5.74, 6) is 0.798. The summed E-state index contributed by atoms with van der Waals surface area (Å²) in [6, 6.07) is 0. The van der Waals surface area contributed by atoms with E-state index in [-0.39, 0.29) is 0 Å². The molecule has 2 heterocycles. The molecule has 1 aromatic rings. The Kier molecular flexibility index (Phi) is 3.69. The molecule has 5 nitrogen and oxygen atoms in total. The third kappa shape index (κ3) is 3.28. The van der Waals surface area contributed by atoms with Gasteiger partial charge in [-0.15, -0.1) is 5.10 Å². The Morgan fingerprint density at radius 1 is 1.67 bits per heavy atom. The van der Waals surface area contributed by atoms with Crippen LogP contribution in [0.2, 0.25) is 0 Å². The normalized spacial score (nSPS) is 21.0. The number of aromatic nitrogens is 3. The van der Waals surface area contributed by atoms with Crippen LogP contribution in [0, 0.1) is 5.92 Å². The molecule has 1 saturated heterocycles. The lowest BCUT2D eigenvalue weighted by Crippen LogP contribution is -2.10. The van der Waals surface area contributed by atoms with Crippen LogP contribution in [-0.4, -0.2) is 34.7 Å². The maximum Gasteiger partial charge on any atom is 0.108 e. The molecule has 0 spiro atoms. The molecule has 15 heavy (non-hydrogen) atoms. The lowest BCUT2D eigenvalue weighted by atomic mass is 10.1. The molecule has 1 N–H and O–H groups in total. The fraction of sp³-hybridized carbons (Fsp3) is 0.800. The fourth-order valence-corrected chi connectivity index (χ4v) is 1.85. The Balaban J connectivity index is 1.58. The van der Waals surface area contributed by atoms with Crippen LogP contribution in [-0.2, 0) is 18.4 Å². The minimum absolute atomic E-state index is 0.577. The number of nitrogens with one attached hydrogen (secondary N) is 1. The van der Waals surface area contributed by atoms with Crippen molar-refractivity contribution in [3.63, 3.8) is 0 Å². The van der Waals surface area contributed by atoms with Gasteiger partial charge in [-0.25, -0.2) is 0 Å². The molecule has 1 fully saturated rings. The molecule has 0 saturated carbocycles. The monoisotopic (exact) mass is 210 g/mol. The van der Waals surface area contributed by atoms with E-state index in [9.17, 15) is 0 Å². The highest BCUT2D eigenvalue weighted by atomic mass is 16.5. The Morgan fingerprint density at radius 2 is 2.60 bits per heavy atom. The molecule has 1 aromatic heterocycles. The van der Waals surface area contributed by atoms with Gasteiger partial charge in [0.25, 0.3) is 0 Å². The van der Waals surface area contributed by atoms with E-state index in [1.54, 1.807) is 4.68 Å². The fourth-order valence-electron chi connectivity index (χ4n) is 1.85. The van der Waals surface area contributed by atoms with Crippen molar-refractivity contribution in [1.82, 2.24) is 20.3 Å². The zero-order chi connectivity index (χ0) is 10.5. The van der Waals surface area contributed by atoms with Gasteiger partial charge in [-0.1, -0.05) is 5.21 Å². The van der Waals surface area contributed by atoms with Gasteiger partial charge in [0.1, 0.15) is 5.69 Å². The molecule has 0 bridgehead atoms. The predicted molar refractivity (Wildman–Crippen MR) is 56.3 cm³/mol. The average Bonchev–Trinajstić information content (AvgIpc) is 2.84. The van der Waals surface area contributed by atoms with Gasteiger partial charge in [0.05, 0.1) is 12.8 Å². The molecule has 1 atom stereocenters. The first kappa shape index (κ1) is 10.6. The first-order chi connectivity index (χ1) is 7.34. The van der Waals surface area contributed by atoms with Crippen molar-refractivity contribution in [2.24, 2.45) is 13.0 Å². The first-order valence-corrected chi connectivity index (χ1v) is 5.48. The minimum Gasteiger partial charge on any atom is -0.375 e. The highest BCUT2D eigenvalue weighted by Crippen LogP contribution is 2.12. The van der Waals surface area contributed by atoms with Crippen molar-refractivity contribution in [1.29, 1.82) is 0 Å². The van der Waals surface area contributed by atoms with Crippen molar-refractivity contribution in [3.8, 4) is 0 Å². The zero-order valence-electron chi connectivity index (χ0n) is 9.15. The molecule has 0 aliphatic carbocycles. The molecule has 1 aliphatic rings. The molecule has 1 aliphatic heterocycles. The number of ether oxygens (including phenoxy) is 1. The summed E-state index contributed by atoms with van der Waals surface area (Å²) in [6.45, 7) is 3.71. The van der Waals surface area contributed by atoms with Crippen LogP contribution in [0.3, 0.4) is 0 Å². The predicted octanol–water partition coefficient (Wildman–Crippen LogP) is 0.331. The first-order valence-electron chi connectivity index (χ1n) is 5.48. The van der Waals surface area contributed by atoms with Crippen LogP contribution < -0.4 is 5.32 Å². The number of hydrogen-bond acceptors (Lipinski definition) is 4. The molecule has 84 valence electrons. The Bertz CT molecular complexity index is 293. The smallest absolute Gasteiger partial charge is 0.108 e. The van der Waals surface area contributed by atoms with E-state index in [0.717, 1.165) is 37.7 Å². The summed E-state index contributed by atoms with van der Waals surface area (Å²) in [5.41, 5.74) is 0.905. The molecule has 0 radical (unpaired) electrons. The van der Waals surface area contributed by atoms with Crippen molar-refractivity contribution >= 4 is 0 Å².